The van der Waals surface area contributed by atoms with Crippen LogP contribution >= 0.6 is 0 Å². The third kappa shape index (κ3) is 4.44. The second-order valence-electron chi connectivity index (χ2n) is 3.70. The van der Waals surface area contributed by atoms with E-state index in [-0.39, 0.29) is 0 Å². The van der Waals surface area contributed by atoms with Crippen LogP contribution in [-0.4, -0.2) is 29.5 Å². The summed E-state index contributed by atoms with van der Waals surface area (Å²) in [5, 5.41) is 7.55. The molecule has 0 unspecified atom stereocenters. The highest BCUT2D eigenvalue weighted by Gasteiger charge is 2.00. The molecule has 86 valence electrons. The number of rotatable bonds is 7. The molecule has 1 aromatic rings. The van der Waals surface area contributed by atoms with E-state index < -0.39 is 0 Å². The van der Waals surface area contributed by atoms with Crippen molar-refractivity contribution in [1.82, 2.24) is 15.1 Å². The van der Waals surface area contributed by atoms with Gasteiger partial charge in [-0.05, 0) is 26.0 Å². The number of hydrogen-bond acceptors (Lipinski definition) is 3. The Balaban J connectivity index is 2.12. The maximum Gasteiger partial charge on any atom is 0.0885 e. The Morgan fingerprint density at radius 3 is 2.87 bits per heavy atom. The Morgan fingerprint density at radius 2 is 2.27 bits per heavy atom. The van der Waals surface area contributed by atoms with Crippen molar-refractivity contribution >= 4 is 0 Å². The lowest BCUT2D eigenvalue weighted by Crippen LogP contribution is -2.20. The average molecular weight is 211 g/mol. The fraction of sp³-hybridized carbons (Fsp3) is 0.727. The molecule has 0 aromatic carbocycles. The summed E-state index contributed by atoms with van der Waals surface area (Å²) in [5.41, 5.74) is 2.17. The van der Waals surface area contributed by atoms with Crippen LogP contribution in [0.15, 0.2) is 6.07 Å². The zero-order valence-electron chi connectivity index (χ0n) is 9.92. The van der Waals surface area contributed by atoms with Crippen LogP contribution in [0.25, 0.3) is 0 Å². The van der Waals surface area contributed by atoms with Crippen molar-refractivity contribution in [3.05, 3.63) is 17.5 Å². The normalized spacial score (nSPS) is 10.9. The predicted molar refractivity (Wildman–Crippen MR) is 60.8 cm³/mol. The van der Waals surface area contributed by atoms with Gasteiger partial charge in [-0.1, -0.05) is 6.92 Å². The van der Waals surface area contributed by atoms with Crippen molar-refractivity contribution in [2.24, 2.45) is 7.05 Å². The van der Waals surface area contributed by atoms with Gasteiger partial charge in [0, 0.05) is 13.6 Å². The van der Waals surface area contributed by atoms with E-state index in [2.05, 4.69) is 23.4 Å². The van der Waals surface area contributed by atoms with Gasteiger partial charge in [0.1, 0.15) is 0 Å². The minimum absolute atomic E-state index is 0.644. The highest BCUT2D eigenvalue weighted by atomic mass is 16.5. The maximum absolute atomic E-state index is 5.54. The molecule has 0 atom stereocenters. The first-order chi connectivity index (χ1) is 7.24. The smallest absolute Gasteiger partial charge is 0.0885 e. The molecular weight excluding hydrogens is 190 g/mol. The summed E-state index contributed by atoms with van der Waals surface area (Å²) in [4.78, 5) is 0. The Kier molecular flexibility index (Phi) is 5.36. The van der Waals surface area contributed by atoms with Crippen molar-refractivity contribution < 1.29 is 4.74 Å². The van der Waals surface area contributed by atoms with Crippen LogP contribution in [0.3, 0.4) is 0 Å². The second kappa shape index (κ2) is 6.58. The third-order valence-electron chi connectivity index (χ3n) is 2.20. The number of hydrogen-bond donors (Lipinski definition) is 1. The van der Waals surface area contributed by atoms with E-state index in [1.54, 1.807) is 0 Å². The van der Waals surface area contributed by atoms with Gasteiger partial charge in [-0.25, -0.2) is 0 Å². The summed E-state index contributed by atoms with van der Waals surface area (Å²) in [5.74, 6) is 0. The van der Waals surface area contributed by atoms with Crippen LogP contribution in [0, 0.1) is 6.92 Å². The SMILES string of the molecule is CCCNCCOCc1cc(C)nn1C. The molecule has 15 heavy (non-hydrogen) atoms. The second-order valence-corrected chi connectivity index (χ2v) is 3.70. The fourth-order valence-corrected chi connectivity index (χ4v) is 1.42. The molecule has 0 fully saturated rings. The summed E-state index contributed by atoms with van der Waals surface area (Å²) in [6.45, 7) is 7.53. The zero-order valence-corrected chi connectivity index (χ0v) is 9.92. The highest BCUT2D eigenvalue weighted by Crippen LogP contribution is 2.02. The quantitative estimate of drug-likeness (QED) is 0.690. The molecule has 0 aliphatic rings. The van der Waals surface area contributed by atoms with Crippen LogP contribution in [-0.2, 0) is 18.4 Å². The molecule has 0 bridgehead atoms. The van der Waals surface area contributed by atoms with Gasteiger partial charge in [-0.3, -0.25) is 4.68 Å². The summed E-state index contributed by atoms with van der Waals surface area (Å²) >= 11 is 0. The summed E-state index contributed by atoms with van der Waals surface area (Å²) in [7, 11) is 1.95. The molecule has 0 saturated heterocycles. The van der Waals surface area contributed by atoms with Gasteiger partial charge in [0.15, 0.2) is 0 Å². The summed E-state index contributed by atoms with van der Waals surface area (Å²) in [6.07, 6.45) is 1.17. The van der Waals surface area contributed by atoms with Crippen molar-refractivity contribution in [1.29, 1.82) is 0 Å². The van der Waals surface area contributed by atoms with E-state index in [0.717, 1.165) is 31.1 Å². The largest absolute Gasteiger partial charge is 0.374 e. The van der Waals surface area contributed by atoms with E-state index in [1.165, 1.54) is 6.42 Å². The predicted octanol–water partition coefficient (Wildman–Crippen LogP) is 1.24. The van der Waals surface area contributed by atoms with E-state index in [0.29, 0.717) is 6.61 Å². The average Bonchev–Trinajstić information content (AvgIpc) is 2.51. The van der Waals surface area contributed by atoms with Crippen molar-refractivity contribution in [3.63, 3.8) is 0 Å². The first kappa shape index (κ1) is 12.2. The van der Waals surface area contributed by atoms with Crippen LogP contribution in [0.4, 0.5) is 0 Å². The molecule has 4 nitrogen and oxygen atoms in total. The van der Waals surface area contributed by atoms with Crippen molar-refractivity contribution in [2.45, 2.75) is 26.9 Å². The Morgan fingerprint density at radius 1 is 1.47 bits per heavy atom. The van der Waals surface area contributed by atoms with Crippen LogP contribution in [0.5, 0.6) is 0 Å². The summed E-state index contributed by atoms with van der Waals surface area (Å²) in [6, 6.07) is 2.06. The van der Waals surface area contributed by atoms with E-state index in [4.69, 9.17) is 4.74 Å². The first-order valence-electron chi connectivity index (χ1n) is 5.52. The molecule has 0 spiro atoms. The van der Waals surface area contributed by atoms with Crippen molar-refractivity contribution in [2.75, 3.05) is 19.7 Å². The number of nitrogens with one attached hydrogen (secondary N) is 1. The number of aromatic nitrogens is 2. The lowest BCUT2D eigenvalue weighted by Gasteiger charge is -2.05. The maximum atomic E-state index is 5.54. The molecule has 0 amide bonds. The molecule has 1 aromatic heterocycles. The Hall–Kier alpha value is -0.870. The molecule has 1 rings (SSSR count). The fourth-order valence-electron chi connectivity index (χ4n) is 1.42. The minimum Gasteiger partial charge on any atom is -0.374 e. The van der Waals surface area contributed by atoms with Gasteiger partial charge < -0.3 is 10.1 Å². The molecule has 1 heterocycles. The Labute approximate surface area is 91.6 Å². The lowest BCUT2D eigenvalue weighted by molar-refractivity contribution is 0.117. The van der Waals surface area contributed by atoms with Gasteiger partial charge in [-0.2, -0.15) is 5.10 Å². The van der Waals surface area contributed by atoms with Crippen LogP contribution in [0.1, 0.15) is 24.7 Å². The standard InChI is InChI=1S/C11H21N3O/c1-4-5-12-6-7-15-9-11-8-10(2)13-14(11)3/h8,12H,4-7,9H2,1-3H3. The number of nitrogens with zero attached hydrogens (tertiary/aromatic N) is 2. The highest BCUT2D eigenvalue weighted by molar-refractivity contribution is 5.07. The topological polar surface area (TPSA) is 39.1 Å². The van der Waals surface area contributed by atoms with Gasteiger partial charge >= 0.3 is 0 Å². The van der Waals surface area contributed by atoms with E-state index in [1.807, 2.05) is 18.7 Å². The van der Waals surface area contributed by atoms with Gasteiger partial charge in [-0.15, -0.1) is 0 Å². The first-order valence-corrected chi connectivity index (χ1v) is 5.52. The molecule has 0 radical (unpaired) electrons. The minimum atomic E-state index is 0.644. The molecule has 1 N–H and O–H groups in total. The molecule has 0 saturated carbocycles. The van der Waals surface area contributed by atoms with E-state index in [9.17, 15) is 0 Å². The van der Waals surface area contributed by atoms with Crippen molar-refractivity contribution in [3.8, 4) is 0 Å². The lowest BCUT2D eigenvalue weighted by atomic mass is 10.4. The van der Waals surface area contributed by atoms with Gasteiger partial charge in [0.2, 0.25) is 0 Å². The van der Waals surface area contributed by atoms with Gasteiger partial charge in [0.05, 0.1) is 24.6 Å². The van der Waals surface area contributed by atoms with Gasteiger partial charge in [0.25, 0.3) is 0 Å². The number of aryl methyl sites for hydroxylation is 2. The monoisotopic (exact) mass is 211 g/mol. The third-order valence-corrected chi connectivity index (χ3v) is 2.20. The van der Waals surface area contributed by atoms with E-state index >= 15 is 0 Å². The summed E-state index contributed by atoms with van der Waals surface area (Å²) < 4.78 is 7.41. The molecule has 0 aliphatic heterocycles. The number of ether oxygens (including phenoxy) is 1. The van der Waals surface area contributed by atoms with Crippen LogP contribution < -0.4 is 5.32 Å². The zero-order chi connectivity index (χ0) is 11.1. The Bertz CT molecular complexity index is 283. The molecular formula is C11H21N3O. The molecule has 4 heteroatoms. The molecule has 0 aliphatic carbocycles. The van der Waals surface area contributed by atoms with Crippen LogP contribution in [0.2, 0.25) is 0 Å².